The number of carbonyl (C=O) groups is 2. The van der Waals surface area contributed by atoms with E-state index in [1.165, 1.54) is 103 Å². The van der Waals surface area contributed by atoms with Crippen LogP contribution in [0.1, 0.15) is 137 Å². The van der Waals surface area contributed by atoms with Crippen molar-refractivity contribution in [1.29, 1.82) is 0 Å². The Bertz CT molecular complexity index is 711. The first kappa shape index (κ1) is 36.1. The quantitative estimate of drug-likeness (QED) is 0.117. The molecule has 1 aromatic rings. The van der Waals surface area contributed by atoms with E-state index in [1.807, 2.05) is 0 Å². The van der Waals surface area contributed by atoms with E-state index in [9.17, 15) is 9.59 Å². The topological polar surface area (TPSA) is 64.7 Å². The van der Waals surface area contributed by atoms with Crippen LogP contribution in [0.3, 0.4) is 0 Å². The number of nitrogens with one attached hydrogen (secondary N) is 2. The van der Waals surface area contributed by atoms with Gasteiger partial charge in [0, 0.05) is 37.3 Å². The summed E-state index contributed by atoms with van der Waals surface area (Å²) < 4.78 is 0. The maximum absolute atomic E-state index is 12.7. The van der Waals surface area contributed by atoms with Crippen molar-refractivity contribution in [1.82, 2.24) is 20.4 Å². The molecule has 40 heavy (non-hydrogen) atoms. The van der Waals surface area contributed by atoms with Gasteiger partial charge in [0.2, 0.25) is 0 Å². The van der Waals surface area contributed by atoms with Crippen molar-refractivity contribution >= 4 is 11.8 Å². The summed E-state index contributed by atoms with van der Waals surface area (Å²) in [6.07, 6.45) is 21.2. The number of hydrogen-bond acceptors (Lipinski definition) is 4. The predicted octanol–water partition coefficient (Wildman–Crippen LogP) is 7.29. The number of carbonyl (C=O) groups excluding carboxylic acids is 2. The van der Waals surface area contributed by atoms with Gasteiger partial charge in [-0.2, -0.15) is 0 Å². The Kier molecular flexibility index (Phi) is 22.4. The molecule has 0 aliphatic carbocycles. The van der Waals surface area contributed by atoms with Crippen molar-refractivity contribution < 1.29 is 9.59 Å². The molecule has 0 heterocycles. The van der Waals surface area contributed by atoms with Gasteiger partial charge in [0.05, 0.1) is 0 Å². The van der Waals surface area contributed by atoms with Crippen LogP contribution >= 0.6 is 0 Å². The molecule has 6 nitrogen and oxygen atoms in total. The first-order valence-electron chi connectivity index (χ1n) is 16.5. The molecule has 0 aliphatic heterocycles. The number of unbranched alkanes of at least 4 members (excludes halogenated alkanes) is 14. The fourth-order valence-corrected chi connectivity index (χ4v) is 4.98. The van der Waals surface area contributed by atoms with E-state index in [1.54, 1.807) is 24.3 Å². The Hall–Kier alpha value is -1.92. The lowest BCUT2D eigenvalue weighted by atomic mass is 10.1. The summed E-state index contributed by atoms with van der Waals surface area (Å²) in [5, 5.41) is 6.01. The van der Waals surface area contributed by atoms with Gasteiger partial charge in [-0.3, -0.25) is 9.59 Å². The second kappa shape index (κ2) is 24.8. The first-order valence-corrected chi connectivity index (χ1v) is 16.5. The maximum atomic E-state index is 12.7. The molecule has 2 amide bonds. The number of rotatable bonds is 26. The van der Waals surface area contributed by atoms with Gasteiger partial charge in [-0.05, 0) is 58.2 Å². The summed E-state index contributed by atoms with van der Waals surface area (Å²) in [6.45, 7) is 9.51. The van der Waals surface area contributed by atoms with Crippen LogP contribution in [-0.2, 0) is 0 Å². The molecule has 1 aromatic carbocycles. The normalized spacial score (nSPS) is 11.3. The number of benzene rings is 1. The lowest BCUT2D eigenvalue weighted by Crippen LogP contribution is -2.34. The zero-order valence-corrected chi connectivity index (χ0v) is 26.6. The van der Waals surface area contributed by atoms with Gasteiger partial charge in [0.15, 0.2) is 0 Å². The van der Waals surface area contributed by atoms with E-state index in [0.29, 0.717) is 24.2 Å². The molecule has 0 aliphatic rings. The third-order valence-corrected chi connectivity index (χ3v) is 7.73. The van der Waals surface area contributed by atoms with Gasteiger partial charge in [0.25, 0.3) is 11.8 Å². The fraction of sp³-hybridized carbons (Fsp3) is 0.765. The molecule has 0 radical (unpaired) electrons. The fourth-order valence-electron chi connectivity index (χ4n) is 4.98. The highest BCUT2D eigenvalue weighted by Crippen LogP contribution is 2.10. The highest BCUT2D eigenvalue weighted by molar-refractivity contribution is 5.99. The van der Waals surface area contributed by atoms with Crippen LogP contribution < -0.4 is 10.6 Å². The van der Waals surface area contributed by atoms with E-state index in [-0.39, 0.29) is 11.8 Å². The van der Waals surface area contributed by atoms with Gasteiger partial charge in [-0.15, -0.1) is 0 Å². The van der Waals surface area contributed by atoms with Gasteiger partial charge in [-0.1, -0.05) is 110 Å². The molecule has 1 rings (SSSR count). The highest BCUT2D eigenvalue weighted by atomic mass is 16.2. The molecule has 0 fully saturated rings. The van der Waals surface area contributed by atoms with Gasteiger partial charge in [0.1, 0.15) is 0 Å². The minimum atomic E-state index is -0.125. The van der Waals surface area contributed by atoms with Crippen molar-refractivity contribution in [3.05, 3.63) is 35.4 Å². The molecular formula is C34H62N4O2. The number of hydrogen-bond donors (Lipinski definition) is 2. The molecule has 0 atom stereocenters. The average Bonchev–Trinajstić information content (AvgIpc) is 2.95. The largest absolute Gasteiger partial charge is 0.351 e. The molecule has 0 aromatic heterocycles. The molecule has 2 N–H and O–H groups in total. The van der Waals surface area contributed by atoms with Crippen LogP contribution in [0.4, 0.5) is 0 Å². The van der Waals surface area contributed by atoms with Gasteiger partial charge >= 0.3 is 0 Å². The van der Waals surface area contributed by atoms with Gasteiger partial charge in [-0.25, -0.2) is 0 Å². The third-order valence-electron chi connectivity index (χ3n) is 7.73. The lowest BCUT2D eigenvalue weighted by molar-refractivity contribution is 0.0949. The summed E-state index contributed by atoms with van der Waals surface area (Å²) >= 11 is 0. The molecule has 6 heteroatoms. The number of likely N-dealkylation sites (N-methyl/N-ethyl adjacent to an activating group) is 2. The molecule has 230 valence electrons. The minimum Gasteiger partial charge on any atom is -0.351 e. The zero-order chi connectivity index (χ0) is 29.3. The summed E-state index contributed by atoms with van der Waals surface area (Å²) in [6, 6.07) is 7.02. The van der Waals surface area contributed by atoms with Crippen LogP contribution in [-0.4, -0.2) is 75.0 Å². The standard InChI is InChI=1S/C34H62N4O2/c1-5-7-9-11-13-15-17-19-26-37(3)28-24-35-33(39)31-22-21-23-32(30-31)34(40)36-25-29-38(4)27-20-18-16-14-12-10-8-6-2/h21-23,30H,5-20,24-29H2,1-4H3,(H,35,39)(H,36,40). The highest BCUT2D eigenvalue weighted by Gasteiger charge is 2.11. The lowest BCUT2D eigenvalue weighted by Gasteiger charge is -2.17. The van der Waals surface area contributed by atoms with Crippen LogP contribution in [0.15, 0.2) is 24.3 Å². The molecule has 0 spiro atoms. The smallest absolute Gasteiger partial charge is 0.251 e. The summed E-state index contributed by atoms with van der Waals surface area (Å²) in [7, 11) is 4.23. The third kappa shape index (κ3) is 19.2. The SMILES string of the molecule is CCCCCCCCCCN(C)CCNC(=O)c1cccc(C(=O)NCCN(C)CCCCCCCCCC)c1. The first-order chi connectivity index (χ1) is 19.5. The van der Waals surface area contributed by atoms with E-state index in [2.05, 4.69) is 48.4 Å². The Balaban J connectivity index is 2.18. The molecule has 0 saturated heterocycles. The van der Waals surface area contributed by atoms with Crippen LogP contribution in [0, 0.1) is 0 Å². The van der Waals surface area contributed by atoms with Crippen molar-refractivity contribution in [2.24, 2.45) is 0 Å². The molecular weight excluding hydrogens is 496 g/mol. The van der Waals surface area contributed by atoms with E-state index < -0.39 is 0 Å². The van der Waals surface area contributed by atoms with Crippen molar-refractivity contribution in [2.45, 2.75) is 117 Å². The van der Waals surface area contributed by atoms with E-state index in [4.69, 9.17) is 0 Å². The minimum absolute atomic E-state index is 0.125. The summed E-state index contributed by atoms with van der Waals surface area (Å²) in [5.74, 6) is -0.250. The van der Waals surface area contributed by atoms with Crippen LogP contribution in [0.5, 0.6) is 0 Å². The Morgan fingerprint density at radius 1 is 0.550 bits per heavy atom. The summed E-state index contributed by atoms with van der Waals surface area (Å²) in [4.78, 5) is 29.9. The zero-order valence-electron chi connectivity index (χ0n) is 26.6. The second-order valence-electron chi connectivity index (χ2n) is 11.6. The average molecular weight is 559 g/mol. The monoisotopic (exact) mass is 558 g/mol. The second-order valence-corrected chi connectivity index (χ2v) is 11.6. The van der Waals surface area contributed by atoms with E-state index >= 15 is 0 Å². The Morgan fingerprint density at radius 2 is 0.900 bits per heavy atom. The molecule has 0 bridgehead atoms. The number of amides is 2. The van der Waals surface area contributed by atoms with Crippen molar-refractivity contribution in [2.75, 3.05) is 53.4 Å². The predicted molar refractivity (Wildman–Crippen MR) is 171 cm³/mol. The maximum Gasteiger partial charge on any atom is 0.251 e. The Labute approximate surface area is 247 Å². The Morgan fingerprint density at radius 3 is 1.27 bits per heavy atom. The van der Waals surface area contributed by atoms with Crippen molar-refractivity contribution in [3.63, 3.8) is 0 Å². The van der Waals surface area contributed by atoms with Crippen molar-refractivity contribution in [3.8, 4) is 0 Å². The van der Waals surface area contributed by atoms with Gasteiger partial charge < -0.3 is 20.4 Å². The van der Waals surface area contributed by atoms with E-state index in [0.717, 1.165) is 26.2 Å². The summed E-state index contributed by atoms with van der Waals surface area (Å²) in [5.41, 5.74) is 1.07. The molecule has 0 unspecified atom stereocenters. The van der Waals surface area contributed by atoms with Crippen LogP contribution in [0.25, 0.3) is 0 Å². The van der Waals surface area contributed by atoms with Crippen LogP contribution in [0.2, 0.25) is 0 Å². The molecule has 0 saturated carbocycles. The number of nitrogens with zero attached hydrogens (tertiary/aromatic N) is 2.